The average molecular weight is 519 g/mol. The summed E-state index contributed by atoms with van der Waals surface area (Å²) >= 11 is 0. The fourth-order valence-electron chi connectivity index (χ4n) is 3.82. The molecule has 0 saturated heterocycles. The zero-order chi connectivity index (χ0) is 20.8. The van der Waals surface area contributed by atoms with E-state index in [0.29, 0.717) is 0 Å². The summed E-state index contributed by atoms with van der Waals surface area (Å²) in [6, 6.07) is 15.3. The number of halogens is 1. The number of fused-ring (bicyclic) bond motifs is 1. The smallest absolute Gasteiger partial charge is 0.191 e. The molecule has 1 atom stereocenters. The maximum atomic E-state index is 4.82. The summed E-state index contributed by atoms with van der Waals surface area (Å²) < 4.78 is 1.96. The van der Waals surface area contributed by atoms with Crippen LogP contribution in [0.15, 0.2) is 47.5 Å². The molecular formula is C24H34IN5. The summed E-state index contributed by atoms with van der Waals surface area (Å²) in [5.41, 5.74) is 5.00. The van der Waals surface area contributed by atoms with Crippen LogP contribution in [0.25, 0.3) is 10.8 Å². The highest BCUT2D eigenvalue weighted by Crippen LogP contribution is 2.19. The molecule has 5 nitrogen and oxygen atoms in total. The van der Waals surface area contributed by atoms with Gasteiger partial charge in [-0.15, -0.1) is 24.0 Å². The van der Waals surface area contributed by atoms with Gasteiger partial charge in [0, 0.05) is 31.9 Å². The Bertz CT molecular complexity index is 987. The monoisotopic (exact) mass is 519 g/mol. The number of nitrogens with one attached hydrogen (secondary N) is 2. The number of aliphatic imine (C=N–C) groups is 1. The van der Waals surface area contributed by atoms with Crippen LogP contribution in [0.3, 0.4) is 0 Å². The first-order chi connectivity index (χ1) is 14.0. The van der Waals surface area contributed by atoms with Gasteiger partial charge in [-0.2, -0.15) is 5.10 Å². The van der Waals surface area contributed by atoms with Crippen LogP contribution < -0.4 is 10.6 Å². The van der Waals surface area contributed by atoms with Crippen molar-refractivity contribution < 1.29 is 0 Å². The lowest BCUT2D eigenvalue weighted by Gasteiger charge is -2.18. The highest BCUT2D eigenvalue weighted by atomic mass is 127. The molecule has 0 aliphatic rings. The van der Waals surface area contributed by atoms with Gasteiger partial charge < -0.3 is 10.6 Å². The van der Waals surface area contributed by atoms with E-state index in [4.69, 9.17) is 4.99 Å². The number of hydrogen-bond acceptors (Lipinski definition) is 2. The first kappa shape index (κ1) is 24.2. The van der Waals surface area contributed by atoms with Crippen molar-refractivity contribution in [3.8, 4) is 0 Å². The number of benzene rings is 2. The van der Waals surface area contributed by atoms with Crippen LogP contribution in [0.2, 0.25) is 0 Å². The summed E-state index contributed by atoms with van der Waals surface area (Å²) in [6.07, 6.45) is 1.85. The first-order valence-corrected chi connectivity index (χ1v) is 10.5. The summed E-state index contributed by atoms with van der Waals surface area (Å²) in [4.78, 5) is 4.82. The lowest BCUT2D eigenvalue weighted by molar-refractivity contribution is 0.636. The van der Waals surface area contributed by atoms with Crippen molar-refractivity contribution in [1.29, 1.82) is 0 Å². The number of guanidine groups is 1. The Morgan fingerprint density at radius 1 is 1.13 bits per heavy atom. The minimum Gasteiger partial charge on any atom is -0.357 e. The lowest BCUT2D eigenvalue weighted by atomic mass is 10.0. The van der Waals surface area contributed by atoms with Gasteiger partial charge in [0.25, 0.3) is 0 Å². The van der Waals surface area contributed by atoms with E-state index in [2.05, 4.69) is 85.9 Å². The molecule has 0 aliphatic heterocycles. The Balaban J connectivity index is 0.00000320. The van der Waals surface area contributed by atoms with Gasteiger partial charge in [0.2, 0.25) is 0 Å². The number of rotatable bonds is 7. The van der Waals surface area contributed by atoms with Crippen LogP contribution in [0.1, 0.15) is 36.4 Å². The Morgan fingerprint density at radius 3 is 2.57 bits per heavy atom. The third kappa shape index (κ3) is 5.97. The van der Waals surface area contributed by atoms with Crippen molar-refractivity contribution in [1.82, 2.24) is 20.4 Å². The molecule has 30 heavy (non-hydrogen) atoms. The third-order valence-electron chi connectivity index (χ3n) is 5.43. The minimum atomic E-state index is 0. The predicted molar refractivity (Wildman–Crippen MR) is 138 cm³/mol. The second kappa shape index (κ2) is 11.3. The summed E-state index contributed by atoms with van der Waals surface area (Å²) in [7, 11) is 2.00. The minimum absolute atomic E-state index is 0. The largest absolute Gasteiger partial charge is 0.357 e. The van der Waals surface area contributed by atoms with Crippen LogP contribution in [0.5, 0.6) is 0 Å². The highest BCUT2D eigenvalue weighted by molar-refractivity contribution is 14.0. The van der Waals surface area contributed by atoms with E-state index in [0.717, 1.165) is 37.6 Å². The van der Waals surface area contributed by atoms with E-state index < -0.39 is 0 Å². The highest BCUT2D eigenvalue weighted by Gasteiger charge is 2.14. The fourth-order valence-corrected chi connectivity index (χ4v) is 3.82. The standard InChI is InChI=1S/C24H33N5.HI/c1-6-25-24(27-17(2)16-23-18(3)28-29(5)19(23)4)26-15-14-21-12-9-11-20-10-7-8-13-22(20)21;/h7-13,17H,6,14-16H2,1-5H3,(H2,25,26,27);1H. The van der Waals surface area contributed by atoms with Gasteiger partial charge in [0.15, 0.2) is 5.96 Å². The molecule has 0 saturated carbocycles. The Kier molecular flexibility index (Phi) is 9.14. The maximum absolute atomic E-state index is 4.82. The predicted octanol–water partition coefficient (Wildman–Crippen LogP) is 4.54. The topological polar surface area (TPSA) is 54.2 Å². The third-order valence-corrected chi connectivity index (χ3v) is 5.43. The second-order valence-corrected chi connectivity index (χ2v) is 7.67. The second-order valence-electron chi connectivity index (χ2n) is 7.67. The van der Waals surface area contributed by atoms with Gasteiger partial charge >= 0.3 is 0 Å². The molecule has 1 aromatic heterocycles. The van der Waals surface area contributed by atoms with Crippen LogP contribution >= 0.6 is 24.0 Å². The molecule has 6 heteroatoms. The number of hydrogen-bond donors (Lipinski definition) is 2. The van der Waals surface area contributed by atoms with E-state index in [1.54, 1.807) is 0 Å². The molecule has 2 N–H and O–H groups in total. The average Bonchev–Trinajstić information content (AvgIpc) is 2.94. The van der Waals surface area contributed by atoms with E-state index in [1.165, 1.54) is 27.6 Å². The molecule has 1 heterocycles. The van der Waals surface area contributed by atoms with Crippen LogP contribution in [0, 0.1) is 13.8 Å². The Labute approximate surface area is 197 Å². The lowest BCUT2D eigenvalue weighted by Crippen LogP contribution is -2.43. The molecule has 3 aromatic rings. The summed E-state index contributed by atoms with van der Waals surface area (Å²) in [6.45, 7) is 10.1. The number of aromatic nitrogens is 2. The van der Waals surface area contributed by atoms with Gasteiger partial charge in [-0.05, 0) is 62.4 Å². The van der Waals surface area contributed by atoms with Gasteiger partial charge in [-0.3, -0.25) is 9.67 Å². The molecule has 1 unspecified atom stereocenters. The molecule has 162 valence electrons. The molecule has 3 rings (SSSR count). The van der Waals surface area contributed by atoms with Crippen LogP contribution in [-0.2, 0) is 19.9 Å². The molecular weight excluding hydrogens is 485 g/mol. The van der Waals surface area contributed by atoms with Gasteiger partial charge in [-0.1, -0.05) is 42.5 Å². The van der Waals surface area contributed by atoms with Crippen molar-refractivity contribution in [2.24, 2.45) is 12.0 Å². The number of nitrogens with zero attached hydrogens (tertiary/aromatic N) is 3. The normalized spacial score (nSPS) is 12.5. The van der Waals surface area contributed by atoms with E-state index in [9.17, 15) is 0 Å². The zero-order valence-electron chi connectivity index (χ0n) is 18.7. The van der Waals surface area contributed by atoms with E-state index in [1.807, 2.05) is 11.7 Å². The van der Waals surface area contributed by atoms with Crippen molar-refractivity contribution in [3.63, 3.8) is 0 Å². The van der Waals surface area contributed by atoms with Gasteiger partial charge in [0.05, 0.1) is 5.69 Å². The fraction of sp³-hybridized carbons (Fsp3) is 0.417. The molecule has 0 aliphatic carbocycles. The van der Waals surface area contributed by atoms with Gasteiger partial charge in [0.1, 0.15) is 0 Å². The summed E-state index contributed by atoms with van der Waals surface area (Å²) in [5.74, 6) is 0.874. The van der Waals surface area contributed by atoms with Crippen molar-refractivity contribution in [2.75, 3.05) is 13.1 Å². The zero-order valence-corrected chi connectivity index (χ0v) is 21.0. The SMILES string of the molecule is CCNC(=NCCc1cccc2ccccc12)NC(C)Cc1c(C)nn(C)c1C.I. The Hall–Kier alpha value is -2.09. The van der Waals surface area contributed by atoms with E-state index >= 15 is 0 Å². The Morgan fingerprint density at radius 2 is 1.87 bits per heavy atom. The molecule has 0 bridgehead atoms. The molecule has 0 spiro atoms. The van der Waals surface area contributed by atoms with Crippen molar-refractivity contribution in [2.45, 2.75) is 46.6 Å². The van der Waals surface area contributed by atoms with Gasteiger partial charge in [-0.25, -0.2) is 0 Å². The molecule has 2 aromatic carbocycles. The summed E-state index contributed by atoms with van der Waals surface area (Å²) in [5, 5.41) is 14.1. The van der Waals surface area contributed by atoms with Crippen molar-refractivity contribution >= 4 is 40.7 Å². The molecule has 0 radical (unpaired) electrons. The molecule has 0 fully saturated rings. The van der Waals surface area contributed by atoms with Crippen molar-refractivity contribution in [3.05, 3.63) is 65.0 Å². The quantitative estimate of drug-likeness (QED) is 0.274. The van der Waals surface area contributed by atoms with Crippen LogP contribution in [0.4, 0.5) is 0 Å². The maximum Gasteiger partial charge on any atom is 0.191 e. The number of aryl methyl sites for hydroxylation is 2. The molecule has 0 amide bonds. The van der Waals surface area contributed by atoms with E-state index in [-0.39, 0.29) is 30.0 Å². The first-order valence-electron chi connectivity index (χ1n) is 10.5. The van der Waals surface area contributed by atoms with Crippen LogP contribution in [-0.4, -0.2) is 34.9 Å².